The summed E-state index contributed by atoms with van der Waals surface area (Å²) in [6, 6.07) is 6.22. The van der Waals surface area contributed by atoms with Gasteiger partial charge in [-0.05, 0) is 40.2 Å². The molecule has 0 aliphatic rings. The van der Waals surface area contributed by atoms with Crippen LogP contribution in [-0.4, -0.2) is 8.42 Å². The van der Waals surface area contributed by atoms with Gasteiger partial charge in [0.05, 0.1) is 5.69 Å². The fourth-order valence-electron chi connectivity index (χ4n) is 1.24. The summed E-state index contributed by atoms with van der Waals surface area (Å²) < 4.78 is 27.3. The van der Waals surface area contributed by atoms with Crippen molar-refractivity contribution in [1.29, 1.82) is 0 Å². The van der Waals surface area contributed by atoms with Gasteiger partial charge in [0.1, 0.15) is 4.21 Å². The van der Waals surface area contributed by atoms with Gasteiger partial charge in [-0.25, -0.2) is 8.42 Å². The molecule has 0 radical (unpaired) electrons. The molecule has 8 heteroatoms. The van der Waals surface area contributed by atoms with Gasteiger partial charge in [0.25, 0.3) is 10.0 Å². The smallest absolute Gasteiger partial charge is 0.271 e. The van der Waals surface area contributed by atoms with E-state index in [2.05, 4.69) is 20.7 Å². The quantitative estimate of drug-likeness (QED) is 0.871. The number of anilines is 2. The lowest BCUT2D eigenvalue weighted by Crippen LogP contribution is -2.11. The third kappa shape index (κ3) is 2.97. The number of hydrogen-bond donors (Lipinski definition) is 2. The molecule has 1 aromatic carbocycles. The highest BCUT2D eigenvalue weighted by Gasteiger charge is 2.17. The number of hydrogen-bond acceptors (Lipinski definition) is 4. The monoisotopic (exact) mass is 366 g/mol. The Hall–Kier alpha value is -0.760. The molecular weight excluding hydrogens is 360 g/mol. The fraction of sp³-hybridized carbons (Fsp3) is 0. The minimum Gasteiger partial charge on any atom is -0.398 e. The first-order chi connectivity index (χ1) is 8.38. The molecule has 0 atom stereocenters. The van der Waals surface area contributed by atoms with Gasteiger partial charge in [-0.3, -0.25) is 4.72 Å². The summed E-state index contributed by atoms with van der Waals surface area (Å²) in [7, 11) is -3.61. The van der Waals surface area contributed by atoms with Crippen LogP contribution in [0.15, 0.2) is 38.3 Å². The molecule has 0 saturated heterocycles. The molecule has 0 aliphatic carbocycles. The number of nitrogens with one attached hydrogen (secondary N) is 1. The number of nitrogen functional groups attached to an aromatic ring is 1. The zero-order valence-electron chi connectivity index (χ0n) is 8.85. The molecule has 3 N–H and O–H groups in total. The van der Waals surface area contributed by atoms with Gasteiger partial charge in [0, 0.05) is 20.6 Å². The second-order valence-corrected chi connectivity index (χ2v) is 7.54. The highest BCUT2D eigenvalue weighted by molar-refractivity contribution is 9.10. The fourth-order valence-corrected chi connectivity index (χ4v) is 4.31. The molecule has 96 valence electrons. The Morgan fingerprint density at radius 2 is 2.06 bits per heavy atom. The van der Waals surface area contributed by atoms with Crippen LogP contribution in [0.3, 0.4) is 0 Å². The van der Waals surface area contributed by atoms with E-state index in [-0.39, 0.29) is 4.21 Å². The van der Waals surface area contributed by atoms with Crippen LogP contribution in [0, 0.1) is 0 Å². The summed E-state index contributed by atoms with van der Waals surface area (Å²) in [6.45, 7) is 0. The van der Waals surface area contributed by atoms with E-state index in [0.717, 1.165) is 11.3 Å². The van der Waals surface area contributed by atoms with Crippen molar-refractivity contribution in [2.45, 2.75) is 4.21 Å². The second kappa shape index (κ2) is 5.08. The van der Waals surface area contributed by atoms with Crippen LogP contribution >= 0.6 is 38.9 Å². The molecular formula is C10H8BrClN2O2S2. The molecule has 0 spiro atoms. The molecule has 1 aromatic heterocycles. The molecule has 18 heavy (non-hydrogen) atoms. The molecule has 0 fully saturated rings. The first-order valence-electron chi connectivity index (χ1n) is 4.70. The van der Waals surface area contributed by atoms with E-state index in [4.69, 9.17) is 17.3 Å². The van der Waals surface area contributed by atoms with Crippen LogP contribution in [-0.2, 0) is 10.0 Å². The Labute approximate surface area is 122 Å². The van der Waals surface area contributed by atoms with Gasteiger partial charge in [0.2, 0.25) is 0 Å². The number of sulfonamides is 1. The van der Waals surface area contributed by atoms with E-state index >= 15 is 0 Å². The number of benzene rings is 1. The van der Waals surface area contributed by atoms with E-state index in [9.17, 15) is 8.42 Å². The summed E-state index contributed by atoms with van der Waals surface area (Å²) in [6.07, 6.45) is 0. The van der Waals surface area contributed by atoms with Gasteiger partial charge < -0.3 is 5.73 Å². The van der Waals surface area contributed by atoms with Crippen molar-refractivity contribution in [3.8, 4) is 0 Å². The van der Waals surface area contributed by atoms with Gasteiger partial charge in [-0.2, -0.15) is 0 Å². The number of thiophene rings is 1. The molecule has 2 aromatic rings. The van der Waals surface area contributed by atoms with Crippen molar-refractivity contribution in [3.63, 3.8) is 0 Å². The van der Waals surface area contributed by atoms with E-state index in [1.54, 1.807) is 23.6 Å². The first kappa shape index (κ1) is 13.7. The van der Waals surface area contributed by atoms with E-state index in [1.807, 2.05) is 0 Å². The average molecular weight is 368 g/mol. The standard InChI is InChI=1S/C10H8BrClN2O2S2/c11-8-3-6(12)1-2-9(8)14-18(15,16)10-4-7(13)5-17-10/h1-5,14H,13H2. The number of halogens is 2. The number of nitrogens with two attached hydrogens (primary N) is 1. The van der Waals surface area contributed by atoms with Crippen molar-refractivity contribution in [3.05, 3.63) is 39.1 Å². The molecule has 0 aliphatic heterocycles. The minimum atomic E-state index is -3.61. The van der Waals surface area contributed by atoms with E-state index in [1.165, 1.54) is 6.07 Å². The predicted octanol–water partition coefficient (Wildman–Crippen LogP) is 3.55. The van der Waals surface area contributed by atoms with Crippen LogP contribution < -0.4 is 10.5 Å². The summed E-state index contributed by atoms with van der Waals surface area (Å²) in [5.41, 5.74) is 6.36. The van der Waals surface area contributed by atoms with Crippen molar-refractivity contribution in [2.75, 3.05) is 10.5 Å². The van der Waals surface area contributed by atoms with Crippen LogP contribution in [0.4, 0.5) is 11.4 Å². The van der Waals surface area contributed by atoms with Crippen LogP contribution in [0.1, 0.15) is 0 Å². The summed E-state index contributed by atoms with van der Waals surface area (Å²) >= 11 is 10.1. The Morgan fingerprint density at radius 3 is 2.61 bits per heavy atom. The lowest BCUT2D eigenvalue weighted by atomic mass is 10.3. The normalized spacial score (nSPS) is 11.4. The van der Waals surface area contributed by atoms with Gasteiger partial charge in [-0.1, -0.05) is 11.6 Å². The topological polar surface area (TPSA) is 72.2 Å². The largest absolute Gasteiger partial charge is 0.398 e. The zero-order valence-corrected chi connectivity index (χ0v) is 12.8. The van der Waals surface area contributed by atoms with Crippen LogP contribution in [0.2, 0.25) is 5.02 Å². The third-order valence-corrected chi connectivity index (χ3v) is 5.75. The van der Waals surface area contributed by atoms with Gasteiger partial charge in [-0.15, -0.1) is 11.3 Å². The molecule has 4 nitrogen and oxygen atoms in total. The molecule has 2 rings (SSSR count). The summed E-state index contributed by atoms with van der Waals surface area (Å²) in [5, 5.41) is 2.09. The van der Waals surface area contributed by atoms with E-state index < -0.39 is 10.0 Å². The molecule has 0 amide bonds. The maximum Gasteiger partial charge on any atom is 0.271 e. The van der Waals surface area contributed by atoms with Gasteiger partial charge in [0.15, 0.2) is 0 Å². The highest BCUT2D eigenvalue weighted by Crippen LogP contribution is 2.29. The molecule has 0 saturated carbocycles. The maximum atomic E-state index is 12.0. The lowest BCUT2D eigenvalue weighted by molar-refractivity contribution is 0.603. The first-order valence-corrected chi connectivity index (χ1v) is 8.24. The minimum absolute atomic E-state index is 0.168. The van der Waals surface area contributed by atoms with E-state index in [0.29, 0.717) is 20.9 Å². The molecule has 0 unspecified atom stereocenters. The average Bonchev–Trinajstić information content (AvgIpc) is 2.70. The zero-order chi connectivity index (χ0) is 13.3. The maximum absolute atomic E-state index is 12.0. The Bertz CT molecular complexity index is 685. The van der Waals surface area contributed by atoms with Gasteiger partial charge >= 0.3 is 0 Å². The van der Waals surface area contributed by atoms with Crippen molar-refractivity contribution in [2.24, 2.45) is 0 Å². The Morgan fingerprint density at radius 1 is 1.33 bits per heavy atom. The summed E-state index contributed by atoms with van der Waals surface area (Å²) in [5.74, 6) is 0. The highest BCUT2D eigenvalue weighted by atomic mass is 79.9. The SMILES string of the molecule is Nc1csc(S(=O)(=O)Nc2ccc(Cl)cc2Br)c1. The van der Waals surface area contributed by atoms with Crippen LogP contribution in [0.5, 0.6) is 0 Å². The van der Waals surface area contributed by atoms with Crippen LogP contribution in [0.25, 0.3) is 0 Å². The van der Waals surface area contributed by atoms with Crippen molar-refractivity contribution >= 4 is 60.3 Å². The Kier molecular flexibility index (Phi) is 3.86. The Balaban J connectivity index is 2.33. The number of rotatable bonds is 3. The van der Waals surface area contributed by atoms with Crippen molar-refractivity contribution < 1.29 is 8.42 Å². The second-order valence-electron chi connectivity index (χ2n) is 3.43. The third-order valence-electron chi connectivity index (χ3n) is 2.04. The predicted molar refractivity (Wildman–Crippen MR) is 78.7 cm³/mol. The van der Waals surface area contributed by atoms with Crippen molar-refractivity contribution in [1.82, 2.24) is 0 Å². The molecule has 1 heterocycles. The molecule has 0 bridgehead atoms. The summed E-state index contributed by atoms with van der Waals surface area (Å²) in [4.78, 5) is 0. The lowest BCUT2D eigenvalue weighted by Gasteiger charge is -2.08.